The molecule has 4 rings (SSSR count). The van der Waals surface area contributed by atoms with Crippen molar-refractivity contribution in [3.8, 4) is 17.0 Å². The average molecular weight is 471 g/mol. The number of ether oxygens (including phenoxy) is 1. The minimum absolute atomic E-state index is 0.0177. The monoisotopic (exact) mass is 470 g/mol. The van der Waals surface area contributed by atoms with Crippen LogP contribution in [0.25, 0.3) is 11.3 Å². The first-order valence-electron chi connectivity index (χ1n) is 9.83. The highest BCUT2D eigenvalue weighted by Crippen LogP contribution is 2.34. The number of anilines is 3. The van der Waals surface area contributed by atoms with Crippen molar-refractivity contribution in [2.45, 2.75) is 12.8 Å². The molecule has 9 heteroatoms. The number of nitrogens with zero attached hydrogens (tertiary/aromatic N) is 2. The second kappa shape index (κ2) is 9.38. The summed E-state index contributed by atoms with van der Waals surface area (Å²) in [5, 5.41) is 3.43. The highest BCUT2D eigenvalue weighted by molar-refractivity contribution is 6.31. The van der Waals surface area contributed by atoms with Gasteiger partial charge in [-0.3, -0.25) is 0 Å². The number of aromatic nitrogens is 2. The summed E-state index contributed by atoms with van der Waals surface area (Å²) in [6.07, 6.45) is -4.41. The van der Waals surface area contributed by atoms with Crippen LogP contribution in [-0.2, 0) is 12.8 Å². The Balaban J connectivity index is 1.61. The maximum absolute atomic E-state index is 12.8. The predicted molar refractivity (Wildman–Crippen MR) is 122 cm³/mol. The van der Waals surface area contributed by atoms with Gasteiger partial charge in [-0.15, -0.1) is 0 Å². The van der Waals surface area contributed by atoms with Crippen LogP contribution in [0.1, 0.15) is 11.1 Å². The van der Waals surface area contributed by atoms with Crippen molar-refractivity contribution in [2.75, 3.05) is 11.1 Å². The fraction of sp³-hybridized carbons (Fsp3) is 0.0833. The largest absolute Gasteiger partial charge is 0.488 e. The minimum atomic E-state index is -4.41. The Morgan fingerprint density at radius 1 is 0.909 bits per heavy atom. The smallest absolute Gasteiger partial charge is 0.416 e. The lowest BCUT2D eigenvalue weighted by molar-refractivity contribution is -0.137. The third kappa shape index (κ3) is 5.72. The van der Waals surface area contributed by atoms with Crippen LogP contribution in [0.3, 0.4) is 0 Å². The summed E-state index contributed by atoms with van der Waals surface area (Å²) in [5.41, 5.74) is 7.61. The molecule has 33 heavy (non-hydrogen) atoms. The summed E-state index contributed by atoms with van der Waals surface area (Å²) in [4.78, 5) is 8.42. The van der Waals surface area contributed by atoms with Crippen molar-refractivity contribution in [3.63, 3.8) is 0 Å². The number of nitrogen functional groups attached to an aromatic ring is 1. The molecule has 0 aliphatic rings. The third-order valence-electron chi connectivity index (χ3n) is 4.68. The SMILES string of the molecule is Nc1nc(Nc2ccc(C(F)(F)F)cc2)cc(-c2cc(Cl)ccc2OCc2ccccc2)n1. The predicted octanol–water partition coefficient (Wildman–Crippen LogP) is 6.72. The van der Waals surface area contributed by atoms with Crippen LogP contribution in [0, 0.1) is 0 Å². The van der Waals surface area contributed by atoms with Crippen molar-refractivity contribution in [3.05, 3.63) is 95.0 Å². The normalized spacial score (nSPS) is 11.3. The molecule has 1 aromatic heterocycles. The second-order valence-electron chi connectivity index (χ2n) is 7.11. The summed E-state index contributed by atoms with van der Waals surface area (Å²) in [5.74, 6) is 0.837. The molecular weight excluding hydrogens is 453 g/mol. The Hall–Kier alpha value is -3.78. The summed E-state index contributed by atoms with van der Waals surface area (Å²) < 4.78 is 44.4. The molecule has 0 saturated heterocycles. The summed E-state index contributed by atoms with van der Waals surface area (Å²) in [6.45, 7) is 0.340. The average Bonchev–Trinajstić information content (AvgIpc) is 2.78. The van der Waals surface area contributed by atoms with E-state index in [9.17, 15) is 13.2 Å². The molecule has 1 heterocycles. The van der Waals surface area contributed by atoms with Gasteiger partial charge in [0.1, 0.15) is 18.2 Å². The lowest BCUT2D eigenvalue weighted by Gasteiger charge is -2.14. The number of alkyl halides is 3. The zero-order valence-electron chi connectivity index (χ0n) is 17.1. The lowest BCUT2D eigenvalue weighted by atomic mass is 10.1. The van der Waals surface area contributed by atoms with Crippen LogP contribution >= 0.6 is 11.6 Å². The molecule has 5 nitrogen and oxygen atoms in total. The van der Waals surface area contributed by atoms with Crippen LogP contribution < -0.4 is 15.8 Å². The topological polar surface area (TPSA) is 73.1 Å². The first-order valence-corrected chi connectivity index (χ1v) is 10.2. The number of benzene rings is 3. The van der Waals surface area contributed by atoms with E-state index in [1.54, 1.807) is 24.3 Å². The molecule has 0 aliphatic heterocycles. The first-order chi connectivity index (χ1) is 15.8. The number of hydrogen-bond acceptors (Lipinski definition) is 5. The van der Waals surface area contributed by atoms with Crippen LogP contribution in [0.5, 0.6) is 5.75 Å². The van der Waals surface area contributed by atoms with E-state index in [2.05, 4.69) is 15.3 Å². The molecular formula is C24H18ClF3N4O. The van der Waals surface area contributed by atoms with Crippen molar-refractivity contribution in [1.82, 2.24) is 9.97 Å². The van der Waals surface area contributed by atoms with Crippen LogP contribution in [-0.4, -0.2) is 9.97 Å². The molecule has 0 fully saturated rings. The summed E-state index contributed by atoms with van der Waals surface area (Å²) >= 11 is 6.21. The number of rotatable bonds is 6. The molecule has 0 aliphatic carbocycles. The van der Waals surface area contributed by atoms with Crippen LogP contribution in [0.15, 0.2) is 78.9 Å². The van der Waals surface area contributed by atoms with E-state index in [4.69, 9.17) is 22.1 Å². The van der Waals surface area contributed by atoms with E-state index in [-0.39, 0.29) is 5.95 Å². The number of nitrogens with one attached hydrogen (secondary N) is 1. The first kappa shape index (κ1) is 22.4. The molecule has 3 aromatic carbocycles. The molecule has 0 radical (unpaired) electrons. The van der Waals surface area contributed by atoms with E-state index >= 15 is 0 Å². The van der Waals surface area contributed by atoms with Crippen molar-refractivity contribution in [1.29, 1.82) is 0 Å². The second-order valence-corrected chi connectivity index (χ2v) is 7.55. The van der Waals surface area contributed by atoms with Gasteiger partial charge in [0, 0.05) is 22.3 Å². The molecule has 3 N–H and O–H groups in total. The molecule has 168 valence electrons. The number of halogens is 4. The number of hydrogen-bond donors (Lipinski definition) is 2. The Kier molecular flexibility index (Phi) is 6.37. The quantitative estimate of drug-likeness (QED) is 0.327. The molecule has 0 bridgehead atoms. The van der Waals surface area contributed by atoms with E-state index in [0.29, 0.717) is 40.1 Å². The summed E-state index contributed by atoms with van der Waals surface area (Å²) in [7, 11) is 0. The Morgan fingerprint density at radius 3 is 2.33 bits per heavy atom. The van der Waals surface area contributed by atoms with E-state index in [1.807, 2.05) is 30.3 Å². The molecule has 0 saturated carbocycles. The zero-order chi connectivity index (χ0) is 23.4. The molecule has 0 unspecified atom stereocenters. The Morgan fingerprint density at radius 2 is 1.64 bits per heavy atom. The minimum Gasteiger partial charge on any atom is -0.488 e. The molecule has 4 aromatic rings. The van der Waals surface area contributed by atoms with Gasteiger partial charge < -0.3 is 15.8 Å². The highest BCUT2D eigenvalue weighted by atomic mass is 35.5. The lowest BCUT2D eigenvalue weighted by Crippen LogP contribution is -2.05. The summed E-state index contributed by atoms with van der Waals surface area (Å²) in [6, 6.07) is 21.0. The van der Waals surface area contributed by atoms with Crippen molar-refractivity contribution < 1.29 is 17.9 Å². The van der Waals surface area contributed by atoms with Gasteiger partial charge in [-0.05, 0) is 48.0 Å². The molecule has 0 amide bonds. The third-order valence-corrected chi connectivity index (χ3v) is 4.92. The van der Waals surface area contributed by atoms with Crippen molar-refractivity contribution >= 4 is 29.1 Å². The Labute approximate surface area is 193 Å². The van der Waals surface area contributed by atoms with Gasteiger partial charge in [0.05, 0.1) is 11.3 Å². The van der Waals surface area contributed by atoms with Gasteiger partial charge in [-0.25, -0.2) is 4.98 Å². The fourth-order valence-electron chi connectivity index (χ4n) is 3.12. The Bertz CT molecular complexity index is 1250. The maximum atomic E-state index is 12.8. The van der Waals surface area contributed by atoms with Gasteiger partial charge in [-0.2, -0.15) is 18.2 Å². The van der Waals surface area contributed by atoms with Gasteiger partial charge in [-0.1, -0.05) is 41.9 Å². The molecule has 0 spiro atoms. The zero-order valence-corrected chi connectivity index (χ0v) is 17.9. The van der Waals surface area contributed by atoms with Crippen molar-refractivity contribution in [2.24, 2.45) is 0 Å². The van der Waals surface area contributed by atoms with Gasteiger partial charge >= 0.3 is 6.18 Å². The highest BCUT2D eigenvalue weighted by Gasteiger charge is 2.29. The van der Waals surface area contributed by atoms with E-state index < -0.39 is 11.7 Å². The molecule has 0 atom stereocenters. The van der Waals surface area contributed by atoms with Crippen LogP contribution in [0.2, 0.25) is 5.02 Å². The van der Waals surface area contributed by atoms with Crippen LogP contribution in [0.4, 0.5) is 30.6 Å². The van der Waals surface area contributed by atoms with E-state index in [1.165, 1.54) is 12.1 Å². The van der Waals surface area contributed by atoms with Gasteiger partial charge in [0.25, 0.3) is 0 Å². The standard InChI is InChI=1S/C24H18ClF3N4O/c25-17-8-11-21(33-14-15-4-2-1-3-5-15)19(12-17)20-13-22(32-23(29)31-20)30-18-9-6-16(7-10-18)24(26,27)28/h1-13H,14H2,(H3,29,30,31,32). The fourth-order valence-corrected chi connectivity index (χ4v) is 3.29. The maximum Gasteiger partial charge on any atom is 0.416 e. The van der Waals surface area contributed by atoms with Gasteiger partial charge in [0.15, 0.2) is 0 Å². The van der Waals surface area contributed by atoms with Gasteiger partial charge in [0.2, 0.25) is 5.95 Å². The number of nitrogens with two attached hydrogens (primary N) is 1. The van der Waals surface area contributed by atoms with E-state index in [0.717, 1.165) is 17.7 Å².